The number of nitrogens with one attached hydrogen (secondary N) is 1. The summed E-state index contributed by atoms with van der Waals surface area (Å²) >= 11 is 0. The molecule has 2 heteroatoms. The molecule has 0 fully saturated rings. The molecule has 0 heterocycles. The summed E-state index contributed by atoms with van der Waals surface area (Å²) in [4.78, 5) is 0. The minimum absolute atomic E-state index is 0.275. The Kier molecular flexibility index (Phi) is 3.89. The van der Waals surface area contributed by atoms with E-state index in [0.717, 1.165) is 0 Å². The highest BCUT2D eigenvalue weighted by molar-refractivity contribution is 5.23. The Labute approximate surface area is 92.3 Å². The molecule has 1 rings (SSSR count). The molecule has 0 aromatic heterocycles. The van der Waals surface area contributed by atoms with Gasteiger partial charge >= 0.3 is 0 Å². The lowest BCUT2D eigenvalue weighted by Crippen LogP contribution is -2.36. The van der Waals surface area contributed by atoms with E-state index in [1.54, 1.807) is 0 Å². The minimum atomic E-state index is -0.654. The Hall–Kier alpha value is -0.860. The van der Waals surface area contributed by atoms with Gasteiger partial charge in [-0.15, -0.1) is 0 Å². The van der Waals surface area contributed by atoms with Crippen LogP contribution in [0.4, 0.5) is 0 Å². The minimum Gasteiger partial charge on any atom is -0.389 e. The van der Waals surface area contributed by atoms with Crippen LogP contribution >= 0.6 is 0 Å². The second kappa shape index (κ2) is 4.77. The summed E-state index contributed by atoms with van der Waals surface area (Å²) in [5.41, 5.74) is 1.87. The maximum atomic E-state index is 9.60. The van der Waals surface area contributed by atoms with Crippen molar-refractivity contribution < 1.29 is 5.11 Å². The predicted molar refractivity (Wildman–Crippen MR) is 63.9 cm³/mol. The Morgan fingerprint density at radius 1 is 1.27 bits per heavy atom. The molecule has 0 saturated heterocycles. The number of hydrogen-bond acceptors (Lipinski definition) is 2. The Morgan fingerprint density at radius 3 is 2.27 bits per heavy atom. The van der Waals surface area contributed by atoms with Crippen molar-refractivity contribution in [1.82, 2.24) is 5.32 Å². The van der Waals surface area contributed by atoms with Crippen molar-refractivity contribution in [3.63, 3.8) is 0 Å². The van der Waals surface area contributed by atoms with Gasteiger partial charge in [0.15, 0.2) is 0 Å². The van der Waals surface area contributed by atoms with Gasteiger partial charge in [0.05, 0.1) is 5.60 Å². The molecule has 0 saturated carbocycles. The number of benzene rings is 1. The molecule has 0 aliphatic rings. The van der Waals surface area contributed by atoms with Gasteiger partial charge in [-0.2, -0.15) is 0 Å². The van der Waals surface area contributed by atoms with E-state index in [9.17, 15) is 5.11 Å². The van der Waals surface area contributed by atoms with Crippen LogP contribution in [0.3, 0.4) is 0 Å². The van der Waals surface area contributed by atoms with Crippen LogP contribution in [-0.2, 0) is 0 Å². The van der Waals surface area contributed by atoms with Crippen LogP contribution in [0, 0.1) is 6.92 Å². The number of rotatable bonds is 4. The van der Waals surface area contributed by atoms with E-state index in [-0.39, 0.29) is 6.04 Å². The van der Waals surface area contributed by atoms with Gasteiger partial charge in [0.25, 0.3) is 0 Å². The lowest BCUT2D eigenvalue weighted by Gasteiger charge is -2.22. The van der Waals surface area contributed by atoms with Crippen LogP contribution in [0.2, 0.25) is 0 Å². The maximum Gasteiger partial charge on any atom is 0.0715 e. The molecule has 1 aromatic rings. The summed E-state index contributed by atoms with van der Waals surface area (Å²) in [5, 5.41) is 12.9. The zero-order valence-corrected chi connectivity index (χ0v) is 10.0. The van der Waals surface area contributed by atoms with E-state index in [2.05, 4.69) is 43.4 Å². The van der Waals surface area contributed by atoms with Gasteiger partial charge in [0.2, 0.25) is 0 Å². The first-order chi connectivity index (χ1) is 6.88. The van der Waals surface area contributed by atoms with E-state index in [1.807, 2.05) is 13.8 Å². The second-order valence-electron chi connectivity index (χ2n) is 4.83. The van der Waals surface area contributed by atoms with E-state index in [1.165, 1.54) is 11.1 Å². The van der Waals surface area contributed by atoms with Crippen LogP contribution in [0.1, 0.15) is 37.9 Å². The lowest BCUT2D eigenvalue weighted by atomic mass is 10.1. The van der Waals surface area contributed by atoms with Crippen molar-refractivity contribution in [3.8, 4) is 0 Å². The Balaban J connectivity index is 2.54. The molecule has 1 aromatic carbocycles. The summed E-state index contributed by atoms with van der Waals surface area (Å²) < 4.78 is 0. The van der Waals surface area contributed by atoms with Gasteiger partial charge in [-0.3, -0.25) is 0 Å². The molecule has 2 N–H and O–H groups in total. The third kappa shape index (κ3) is 4.45. The van der Waals surface area contributed by atoms with Gasteiger partial charge in [-0.1, -0.05) is 29.8 Å². The Bertz CT molecular complexity index is 297. The molecule has 2 nitrogen and oxygen atoms in total. The largest absolute Gasteiger partial charge is 0.389 e. The number of hydrogen-bond donors (Lipinski definition) is 2. The zero-order valence-electron chi connectivity index (χ0n) is 10.0. The van der Waals surface area contributed by atoms with Crippen molar-refractivity contribution in [2.45, 2.75) is 39.3 Å². The summed E-state index contributed by atoms with van der Waals surface area (Å²) in [6.45, 7) is 8.40. The number of aliphatic hydroxyl groups is 1. The quantitative estimate of drug-likeness (QED) is 0.794. The van der Waals surface area contributed by atoms with Gasteiger partial charge in [0.1, 0.15) is 0 Å². The van der Waals surface area contributed by atoms with Gasteiger partial charge in [0, 0.05) is 12.6 Å². The van der Waals surface area contributed by atoms with Gasteiger partial charge < -0.3 is 10.4 Å². The first-order valence-corrected chi connectivity index (χ1v) is 5.41. The topological polar surface area (TPSA) is 32.3 Å². The smallest absolute Gasteiger partial charge is 0.0715 e. The summed E-state index contributed by atoms with van der Waals surface area (Å²) in [5.74, 6) is 0. The molecule has 1 atom stereocenters. The second-order valence-corrected chi connectivity index (χ2v) is 4.83. The number of aryl methyl sites for hydroxylation is 1. The molecule has 0 spiro atoms. The molecule has 15 heavy (non-hydrogen) atoms. The van der Waals surface area contributed by atoms with Crippen LogP contribution < -0.4 is 5.32 Å². The average molecular weight is 207 g/mol. The summed E-state index contributed by atoms with van der Waals surface area (Å²) in [6, 6.07) is 8.74. The molecular weight excluding hydrogens is 186 g/mol. The van der Waals surface area contributed by atoms with E-state index in [0.29, 0.717) is 6.54 Å². The normalized spacial score (nSPS) is 13.9. The fourth-order valence-electron chi connectivity index (χ4n) is 1.38. The third-order valence-electron chi connectivity index (χ3n) is 2.42. The Morgan fingerprint density at radius 2 is 1.80 bits per heavy atom. The van der Waals surface area contributed by atoms with Crippen molar-refractivity contribution in [2.75, 3.05) is 6.54 Å². The van der Waals surface area contributed by atoms with Crippen LogP contribution in [0.5, 0.6) is 0 Å². The molecule has 0 bridgehead atoms. The molecule has 0 amide bonds. The monoisotopic (exact) mass is 207 g/mol. The fraction of sp³-hybridized carbons (Fsp3) is 0.538. The van der Waals surface area contributed by atoms with Crippen molar-refractivity contribution in [3.05, 3.63) is 35.4 Å². The van der Waals surface area contributed by atoms with E-state index < -0.39 is 5.60 Å². The highest BCUT2D eigenvalue weighted by atomic mass is 16.3. The first kappa shape index (κ1) is 12.2. The highest BCUT2D eigenvalue weighted by Crippen LogP contribution is 2.13. The lowest BCUT2D eigenvalue weighted by molar-refractivity contribution is 0.0770. The van der Waals surface area contributed by atoms with E-state index >= 15 is 0 Å². The predicted octanol–water partition coefficient (Wildman–Crippen LogP) is 2.42. The van der Waals surface area contributed by atoms with Crippen molar-refractivity contribution in [1.29, 1.82) is 0 Å². The van der Waals surface area contributed by atoms with Crippen LogP contribution in [0.25, 0.3) is 0 Å². The van der Waals surface area contributed by atoms with Crippen LogP contribution in [0.15, 0.2) is 24.3 Å². The van der Waals surface area contributed by atoms with Crippen LogP contribution in [-0.4, -0.2) is 17.3 Å². The SMILES string of the molecule is Cc1ccc([C@H](C)NCC(C)(C)O)cc1. The summed E-state index contributed by atoms with van der Waals surface area (Å²) in [6.07, 6.45) is 0. The molecule has 0 aliphatic heterocycles. The first-order valence-electron chi connectivity index (χ1n) is 5.41. The molecule has 0 radical (unpaired) electrons. The molecule has 0 aliphatic carbocycles. The molecule has 0 unspecified atom stereocenters. The van der Waals surface area contributed by atoms with Gasteiger partial charge in [-0.25, -0.2) is 0 Å². The van der Waals surface area contributed by atoms with Gasteiger partial charge in [-0.05, 0) is 33.3 Å². The zero-order chi connectivity index (χ0) is 11.5. The maximum absolute atomic E-state index is 9.60. The van der Waals surface area contributed by atoms with Crippen molar-refractivity contribution in [2.24, 2.45) is 0 Å². The van der Waals surface area contributed by atoms with Crippen molar-refractivity contribution >= 4 is 0 Å². The van der Waals surface area contributed by atoms with E-state index in [4.69, 9.17) is 0 Å². The summed E-state index contributed by atoms with van der Waals surface area (Å²) in [7, 11) is 0. The average Bonchev–Trinajstić information content (AvgIpc) is 2.14. The molecular formula is C13H21NO. The third-order valence-corrected chi connectivity index (χ3v) is 2.42. The fourth-order valence-corrected chi connectivity index (χ4v) is 1.38. The standard InChI is InChI=1S/C13H21NO/c1-10-5-7-12(8-6-10)11(2)14-9-13(3,4)15/h5-8,11,14-15H,9H2,1-4H3/t11-/m0/s1. The highest BCUT2D eigenvalue weighted by Gasteiger charge is 2.14. The molecule has 84 valence electrons.